The molecule has 1 saturated carbocycles. The van der Waals surface area contributed by atoms with E-state index in [0.29, 0.717) is 38.1 Å². The summed E-state index contributed by atoms with van der Waals surface area (Å²) in [6, 6.07) is -3.51. The molecule has 1 aliphatic heterocycles. The van der Waals surface area contributed by atoms with Crippen molar-refractivity contribution in [1.29, 1.82) is 0 Å². The number of carbonyl (C=O) groups is 10. The number of nitrogens with zero attached hydrogens (tertiary/aromatic N) is 3. The van der Waals surface area contributed by atoms with Crippen molar-refractivity contribution < 1.29 is 52.4 Å². The van der Waals surface area contributed by atoms with Gasteiger partial charge in [0, 0.05) is 33.0 Å². The SMILES string of the molecule is CCCC[C@@H](C(=O)N[C@@H](CC(C)C)C(=O)NC(C)(C)C(=O)N[C@@H](CC(C)C)C(=O)N[C@@H](CC(C)C)C(=O)NC(C)(C)C(=O)NC(C)(C)C(=O)NCCC(=O)NC1(CN(C)C)CCC1)C(=O)N[C@@H]1CCCN1C(=O)c1coc(C)n1. The first-order valence-electron chi connectivity index (χ1n) is 28.3. The zero-order valence-electron chi connectivity index (χ0n) is 50.1. The fraction of sp³-hybridized carbons (Fsp3) is 0.768. The number of carbonyl (C=O) groups excluding carboxylic acids is 10. The van der Waals surface area contributed by atoms with E-state index in [4.69, 9.17) is 4.42 Å². The second-order valence-corrected chi connectivity index (χ2v) is 24.9. The van der Waals surface area contributed by atoms with Gasteiger partial charge in [-0.25, -0.2) is 4.98 Å². The van der Waals surface area contributed by atoms with Crippen LogP contribution in [0.3, 0.4) is 0 Å². The van der Waals surface area contributed by atoms with Gasteiger partial charge in [0.1, 0.15) is 53.1 Å². The van der Waals surface area contributed by atoms with Crippen molar-refractivity contribution >= 4 is 59.1 Å². The summed E-state index contributed by atoms with van der Waals surface area (Å²) in [5, 5.41) is 25.2. The van der Waals surface area contributed by atoms with E-state index in [-0.39, 0.29) is 73.5 Å². The van der Waals surface area contributed by atoms with Crippen LogP contribution in [0.1, 0.15) is 183 Å². The van der Waals surface area contributed by atoms with Gasteiger partial charge in [-0.2, -0.15) is 0 Å². The Kier molecular flexibility index (Phi) is 25.0. The maximum atomic E-state index is 14.2. The molecule has 446 valence electrons. The first-order chi connectivity index (χ1) is 36.6. The number of likely N-dealkylation sites (N-methyl/N-ethyl adjacent to an activating group) is 1. The fourth-order valence-corrected chi connectivity index (χ4v) is 9.62. The van der Waals surface area contributed by atoms with Crippen molar-refractivity contribution in [3.05, 3.63) is 17.8 Å². The molecule has 5 atom stereocenters. The van der Waals surface area contributed by atoms with Gasteiger partial charge in [-0.15, -0.1) is 0 Å². The fourth-order valence-electron chi connectivity index (χ4n) is 9.62. The lowest BCUT2D eigenvalue weighted by Gasteiger charge is -2.44. The minimum Gasteiger partial charge on any atom is -0.448 e. The Bertz CT molecular complexity index is 2300. The molecule has 1 aromatic heterocycles. The van der Waals surface area contributed by atoms with E-state index >= 15 is 0 Å². The van der Waals surface area contributed by atoms with E-state index in [1.165, 1.54) is 52.7 Å². The molecule has 0 spiro atoms. The lowest BCUT2D eigenvalue weighted by Crippen LogP contribution is -2.65. The smallest absolute Gasteiger partial charge is 0.277 e. The van der Waals surface area contributed by atoms with Crippen molar-refractivity contribution in [3.8, 4) is 0 Å². The third kappa shape index (κ3) is 20.8. The molecule has 23 nitrogen and oxygen atoms in total. The van der Waals surface area contributed by atoms with Gasteiger partial charge in [-0.3, -0.25) is 47.9 Å². The van der Waals surface area contributed by atoms with E-state index in [9.17, 15) is 47.9 Å². The van der Waals surface area contributed by atoms with Crippen LogP contribution in [-0.4, -0.2) is 154 Å². The number of likely N-dealkylation sites (tertiary alicyclic amines) is 1. The zero-order valence-corrected chi connectivity index (χ0v) is 50.1. The third-order valence-electron chi connectivity index (χ3n) is 14.1. The summed E-state index contributed by atoms with van der Waals surface area (Å²) in [5.74, 6) is -7.12. The number of aromatic nitrogens is 1. The first-order valence-corrected chi connectivity index (χ1v) is 28.3. The summed E-state index contributed by atoms with van der Waals surface area (Å²) < 4.78 is 5.22. The molecule has 2 aliphatic rings. The molecule has 0 aromatic carbocycles. The zero-order chi connectivity index (χ0) is 59.8. The number of hydrogen-bond acceptors (Lipinski definition) is 13. The van der Waals surface area contributed by atoms with E-state index < -0.39 is 100.0 Å². The minimum atomic E-state index is -1.65. The van der Waals surface area contributed by atoms with Crippen LogP contribution in [0.5, 0.6) is 0 Å². The molecule has 0 bridgehead atoms. The van der Waals surface area contributed by atoms with Gasteiger partial charge in [-0.05, 0) is 131 Å². The Balaban J connectivity index is 1.68. The van der Waals surface area contributed by atoms with E-state index in [2.05, 4.69) is 52.8 Å². The van der Waals surface area contributed by atoms with Crippen LogP contribution in [0.15, 0.2) is 10.7 Å². The van der Waals surface area contributed by atoms with Gasteiger partial charge in [0.25, 0.3) is 5.91 Å². The minimum absolute atomic E-state index is 0.0457. The van der Waals surface area contributed by atoms with Gasteiger partial charge in [0.2, 0.25) is 53.2 Å². The largest absolute Gasteiger partial charge is 0.448 e. The molecule has 2 heterocycles. The molecule has 0 radical (unpaired) electrons. The first kappa shape index (κ1) is 67.1. The monoisotopic (exact) mass is 1110 g/mol. The molecule has 79 heavy (non-hydrogen) atoms. The van der Waals surface area contributed by atoms with Gasteiger partial charge in [-0.1, -0.05) is 61.3 Å². The van der Waals surface area contributed by atoms with Crippen LogP contribution in [0, 0.1) is 30.6 Å². The van der Waals surface area contributed by atoms with Crippen molar-refractivity contribution in [2.75, 3.05) is 33.7 Å². The van der Waals surface area contributed by atoms with Crippen LogP contribution >= 0.6 is 0 Å². The Hall–Kier alpha value is -6.13. The van der Waals surface area contributed by atoms with E-state index in [0.717, 1.165) is 25.8 Å². The number of rotatable bonds is 31. The van der Waals surface area contributed by atoms with Gasteiger partial charge >= 0.3 is 0 Å². The topological polar surface area (TPSA) is 311 Å². The van der Waals surface area contributed by atoms with Crippen LogP contribution in [-0.2, 0) is 43.2 Å². The summed E-state index contributed by atoms with van der Waals surface area (Å²) in [5.41, 5.74) is -4.84. The number of aryl methyl sites for hydroxylation is 1. The van der Waals surface area contributed by atoms with Crippen LogP contribution in [0.25, 0.3) is 0 Å². The van der Waals surface area contributed by atoms with E-state index in [1.807, 2.05) is 67.5 Å². The van der Waals surface area contributed by atoms with Gasteiger partial charge in [0.15, 0.2) is 11.6 Å². The predicted octanol–water partition coefficient (Wildman–Crippen LogP) is 2.85. The van der Waals surface area contributed by atoms with Crippen LogP contribution in [0.2, 0.25) is 0 Å². The van der Waals surface area contributed by atoms with Crippen molar-refractivity contribution in [2.24, 2.45) is 23.7 Å². The number of unbranched alkanes of at least 4 members (excludes halogenated alkanes) is 1. The number of nitrogens with one attached hydrogen (secondary N) is 9. The quantitative estimate of drug-likeness (QED) is 0.0484. The molecule has 10 amide bonds. The van der Waals surface area contributed by atoms with Crippen molar-refractivity contribution in [1.82, 2.24) is 62.6 Å². The number of hydrogen-bond donors (Lipinski definition) is 9. The maximum absolute atomic E-state index is 14.2. The number of amides is 10. The summed E-state index contributed by atoms with van der Waals surface area (Å²) in [4.78, 5) is 145. The lowest BCUT2D eigenvalue weighted by atomic mass is 9.76. The second-order valence-electron chi connectivity index (χ2n) is 24.9. The molecule has 0 unspecified atom stereocenters. The summed E-state index contributed by atoms with van der Waals surface area (Å²) in [6.07, 6.45) is 6.34. The van der Waals surface area contributed by atoms with Gasteiger partial charge in [0.05, 0.1) is 5.54 Å². The molecule has 1 saturated heterocycles. The molecular weight excluding hydrogens is 1020 g/mol. The highest BCUT2D eigenvalue weighted by atomic mass is 16.3. The molecule has 3 rings (SSSR count). The summed E-state index contributed by atoms with van der Waals surface area (Å²) in [7, 11) is 3.91. The second kappa shape index (κ2) is 29.4. The highest BCUT2D eigenvalue weighted by Crippen LogP contribution is 2.32. The molecule has 2 fully saturated rings. The molecular formula is C56H96N12O11. The Morgan fingerprint density at radius 1 is 0.696 bits per heavy atom. The Morgan fingerprint density at radius 2 is 1.22 bits per heavy atom. The maximum Gasteiger partial charge on any atom is 0.277 e. The van der Waals surface area contributed by atoms with E-state index in [1.54, 1.807) is 6.92 Å². The predicted molar refractivity (Wildman–Crippen MR) is 298 cm³/mol. The average molecular weight is 1110 g/mol. The third-order valence-corrected chi connectivity index (χ3v) is 14.1. The molecule has 23 heteroatoms. The normalized spacial score (nSPS) is 17.0. The molecule has 1 aliphatic carbocycles. The Labute approximate surface area is 468 Å². The molecule has 1 aromatic rings. The van der Waals surface area contributed by atoms with Crippen molar-refractivity contribution in [2.45, 2.75) is 220 Å². The Morgan fingerprint density at radius 3 is 1.70 bits per heavy atom. The standard InChI is InChI=1S/C56H96N12O11/c1-17-18-21-37(45(71)62-42-22-19-27-68(42)49(75)41-31-79-36(8)58-41)44(70)59-39(29-34(4)5)47(73)64-54(11,12)51(77)61-38(28-33(2)3)46(72)60-40(30-35(6)7)48(74)65-55(13,14)52(78)66-53(9,10)50(76)57-26-23-43(69)63-56(24-20-25-56)32-67(15)16/h31,33-35,37-40,42H,17-30,32H2,1-16H3,(H,57,76)(H,59,70)(H,60,72)(H,61,77)(H,62,71)(H,63,69)(H,64,73)(H,65,74)(H,66,78)/t37-,38-,39-,40-,42-/m0/s1. The molecule has 9 N–H and O–H groups in total. The summed E-state index contributed by atoms with van der Waals surface area (Å²) >= 11 is 0. The highest BCUT2D eigenvalue weighted by Gasteiger charge is 2.42. The lowest BCUT2D eigenvalue weighted by molar-refractivity contribution is -0.140. The summed E-state index contributed by atoms with van der Waals surface area (Å²) in [6.45, 7) is 24.7. The van der Waals surface area contributed by atoms with Crippen LogP contribution in [0.4, 0.5) is 0 Å². The highest BCUT2D eigenvalue weighted by molar-refractivity contribution is 6.03. The number of oxazole rings is 1. The average Bonchev–Trinajstić information content (AvgIpc) is 3.97. The van der Waals surface area contributed by atoms with Crippen molar-refractivity contribution in [3.63, 3.8) is 0 Å². The van der Waals surface area contributed by atoms with Gasteiger partial charge < -0.3 is 62.1 Å². The van der Waals surface area contributed by atoms with Crippen LogP contribution < -0.4 is 47.9 Å².